The van der Waals surface area contributed by atoms with Crippen LogP contribution in [0.5, 0.6) is 5.75 Å². The molecule has 0 spiro atoms. The highest BCUT2D eigenvalue weighted by Gasteiger charge is 2.44. The quantitative estimate of drug-likeness (QED) is 0.743. The highest BCUT2D eigenvalue weighted by molar-refractivity contribution is 5.94. The van der Waals surface area contributed by atoms with E-state index in [2.05, 4.69) is 25.1 Å². The number of benzene rings is 1. The number of allylic oxidation sites excluding steroid dienone is 1. The lowest BCUT2D eigenvalue weighted by Gasteiger charge is -2.41. The molecule has 3 heteroatoms. The molecule has 0 aromatic heterocycles. The fraction of sp³-hybridized carbons (Fsp3) is 0.389. The molecule has 0 bridgehead atoms. The molecule has 108 valence electrons. The van der Waals surface area contributed by atoms with Crippen molar-refractivity contribution in [2.24, 2.45) is 0 Å². The van der Waals surface area contributed by atoms with Gasteiger partial charge >= 0.3 is 5.97 Å². The molecule has 0 unspecified atom stereocenters. The second-order valence-corrected chi connectivity index (χ2v) is 6.17. The van der Waals surface area contributed by atoms with Crippen molar-refractivity contribution in [2.75, 3.05) is 13.7 Å². The molecule has 1 atom stereocenters. The smallest absolute Gasteiger partial charge is 0.334 e. The molecule has 1 aliphatic heterocycles. The first-order chi connectivity index (χ1) is 10.1. The molecule has 4 rings (SSSR count). The number of carbonyl (C=O) groups is 1. The van der Waals surface area contributed by atoms with Gasteiger partial charge in [0.25, 0.3) is 0 Å². The number of esters is 1. The maximum atomic E-state index is 11.8. The summed E-state index contributed by atoms with van der Waals surface area (Å²) < 4.78 is 10.8. The molecule has 3 nitrogen and oxygen atoms in total. The van der Waals surface area contributed by atoms with Crippen molar-refractivity contribution in [1.82, 2.24) is 0 Å². The Balaban J connectivity index is 1.90. The number of carbonyl (C=O) groups excluding carboxylic acids is 1. The minimum Gasteiger partial charge on any atom is -0.496 e. The molecule has 0 saturated heterocycles. The summed E-state index contributed by atoms with van der Waals surface area (Å²) in [5.41, 5.74) is 5.89. The van der Waals surface area contributed by atoms with Crippen molar-refractivity contribution in [3.63, 3.8) is 0 Å². The molecule has 21 heavy (non-hydrogen) atoms. The Morgan fingerprint density at radius 3 is 2.95 bits per heavy atom. The van der Waals surface area contributed by atoms with Gasteiger partial charge in [0.2, 0.25) is 0 Å². The van der Waals surface area contributed by atoms with Crippen LogP contribution in [0.25, 0.3) is 0 Å². The Bertz CT molecular complexity index is 711. The molecule has 0 radical (unpaired) electrons. The molecular weight excluding hydrogens is 264 g/mol. The zero-order valence-corrected chi connectivity index (χ0v) is 12.4. The van der Waals surface area contributed by atoms with Crippen LogP contribution in [0.2, 0.25) is 0 Å². The van der Waals surface area contributed by atoms with Gasteiger partial charge in [-0.2, -0.15) is 0 Å². The van der Waals surface area contributed by atoms with E-state index in [1.165, 1.54) is 16.7 Å². The topological polar surface area (TPSA) is 35.5 Å². The van der Waals surface area contributed by atoms with Gasteiger partial charge in [-0.1, -0.05) is 25.1 Å². The summed E-state index contributed by atoms with van der Waals surface area (Å²) in [6.45, 7) is 2.72. The van der Waals surface area contributed by atoms with Gasteiger partial charge in [0.15, 0.2) is 0 Å². The lowest BCUT2D eigenvalue weighted by molar-refractivity contribution is -0.136. The van der Waals surface area contributed by atoms with Crippen LogP contribution in [-0.2, 0) is 21.4 Å². The van der Waals surface area contributed by atoms with Gasteiger partial charge in [-0.15, -0.1) is 0 Å². The van der Waals surface area contributed by atoms with Gasteiger partial charge in [0, 0.05) is 22.1 Å². The fourth-order valence-electron chi connectivity index (χ4n) is 4.09. The molecule has 1 heterocycles. The number of fused-ring (bicyclic) bond motifs is 4. The summed E-state index contributed by atoms with van der Waals surface area (Å²) in [7, 11) is 1.72. The predicted octanol–water partition coefficient (Wildman–Crippen LogP) is 3.08. The molecule has 0 amide bonds. The maximum absolute atomic E-state index is 11.8. The largest absolute Gasteiger partial charge is 0.496 e. The van der Waals surface area contributed by atoms with Gasteiger partial charge < -0.3 is 9.47 Å². The minimum absolute atomic E-state index is 0.0328. The highest BCUT2D eigenvalue weighted by Crippen LogP contribution is 2.52. The summed E-state index contributed by atoms with van der Waals surface area (Å²) >= 11 is 0. The third-order valence-electron chi connectivity index (χ3n) is 5.21. The van der Waals surface area contributed by atoms with Crippen molar-refractivity contribution in [1.29, 1.82) is 0 Å². The van der Waals surface area contributed by atoms with E-state index in [4.69, 9.17) is 9.47 Å². The first-order valence-electron chi connectivity index (χ1n) is 7.41. The van der Waals surface area contributed by atoms with Crippen molar-refractivity contribution in [3.05, 3.63) is 52.1 Å². The van der Waals surface area contributed by atoms with Gasteiger partial charge in [0.05, 0.1) is 7.11 Å². The van der Waals surface area contributed by atoms with E-state index in [0.717, 1.165) is 36.2 Å². The predicted molar refractivity (Wildman–Crippen MR) is 79.4 cm³/mol. The van der Waals surface area contributed by atoms with Crippen molar-refractivity contribution in [2.45, 2.75) is 31.6 Å². The van der Waals surface area contributed by atoms with E-state index in [-0.39, 0.29) is 11.4 Å². The molecule has 2 aliphatic carbocycles. The lowest BCUT2D eigenvalue weighted by Crippen LogP contribution is -2.33. The van der Waals surface area contributed by atoms with Gasteiger partial charge in [-0.3, -0.25) is 0 Å². The summed E-state index contributed by atoms with van der Waals surface area (Å²) in [5.74, 6) is 0.840. The van der Waals surface area contributed by atoms with Crippen LogP contribution < -0.4 is 4.74 Å². The van der Waals surface area contributed by atoms with Crippen LogP contribution in [0.1, 0.15) is 30.9 Å². The van der Waals surface area contributed by atoms with E-state index in [9.17, 15) is 4.79 Å². The summed E-state index contributed by atoms with van der Waals surface area (Å²) in [5, 5.41) is 0. The van der Waals surface area contributed by atoms with E-state index >= 15 is 0 Å². The normalized spacial score (nSPS) is 26.6. The molecule has 0 N–H and O–H groups in total. The first-order valence-corrected chi connectivity index (χ1v) is 7.41. The Morgan fingerprint density at radius 1 is 1.29 bits per heavy atom. The number of ether oxygens (including phenoxy) is 2. The van der Waals surface area contributed by atoms with Crippen LogP contribution in [0.3, 0.4) is 0 Å². The average molecular weight is 282 g/mol. The number of hydrogen-bond donors (Lipinski definition) is 0. The molecule has 0 saturated carbocycles. The molecule has 0 fully saturated rings. The Morgan fingerprint density at radius 2 is 2.14 bits per heavy atom. The molecule has 1 aromatic carbocycles. The second kappa shape index (κ2) is 4.23. The number of hydrogen-bond acceptors (Lipinski definition) is 3. The summed E-state index contributed by atoms with van der Waals surface area (Å²) in [4.78, 5) is 11.8. The first kappa shape index (κ1) is 12.7. The second-order valence-electron chi connectivity index (χ2n) is 6.17. The third kappa shape index (κ3) is 1.57. The monoisotopic (exact) mass is 282 g/mol. The number of methoxy groups -OCH3 is 1. The van der Waals surface area contributed by atoms with Crippen LogP contribution in [-0.4, -0.2) is 19.7 Å². The Labute approximate surface area is 124 Å². The highest BCUT2D eigenvalue weighted by atomic mass is 16.5. The zero-order valence-electron chi connectivity index (χ0n) is 12.4. The van der Waals surface area contributed by atoms with Gasteiger partial charge in [-0.05, 0) is 36.5 Å². The molecular formula is C18H18O3. The van der Waals surface area contributed by atoms with Crippen molar-refractivity contribution >= 4 is 5.97 Å². The number of rotatable bonds is 1. The third-order valence-corrected chi connectivity index (χ3v) is 5.21. The maximum Gasteiger partial charge on any atom is 0.334 e. The van der Waals surface area contributed by atoms with E-state index < -0.39 is 0 Å². The van der Waals surface area contributed by atoms with Crippen LogP contribution in [0.4, 0.5) is 0 Å². The van der Waals surface area contributed by atoms with E-state index in [1.54, 1.807) is 7.11 Å². The number of cyclic esters (lactones) is 1. The SMILES string of the molecule is COc1cccc2c1CC=C1C3=C(CC[C@@]12C)C(=O)OC3. The lowest BCUT2D eigenvalue weighted by atomic mass is 9.62. The van der Waals surface area contributed by atoms with Crippen molar-refractivity contribution in [3.8, 4) is 5.75 Å². The Hall–Kier alpha value is -2.03. The van der Waals surface area contributed by atoms with Crippen LogP contribution >= 0.6 is 0 Å². The zero-order chi connectivity index (χ0) is 14.6. The van der Waals surface area contributed by atoms with Gasteiger partial charge in [0.1, 0.15) is 12.4 Å². The molecule has 3 aliphatic rings. The van der Waals surface area contributed by atoms with E-state index in [0.29, 0.717) is 6.61 Å². The summed E-state index contributed by atoms with van der Waals surface area (Å²) in [6.07, 6.45) is 4.88. The van der Waals surface area contributed by atoms with Crippen molar-refractivity contribution < 1.29 is 14.3 Å². The van der Waals surface area contributed by atoms with E-state index in [1.807, 2.05) is 6.07 Å². The average Bonchev–Trinajstić information content (AvgIpc) is 2.87. The summed E-state index contributed by atoms with van der Waals surface area (Å²) in [6, 6.07) is 6.29. The Kier molecular flexibility index (Phi) is 2.56. The van der Waals surface area contributed by atoms with Gasteiger partial charge in [-0.25, -0.2) is 4.79 Å². The standard InChI is InChI=1S/C18H18O3/c1-18-9-8-11-13(10-21-17(11)19)15(18)7-6-12-14(18)4-3-5-16(12)20-2/h3-5,7H,6,8-10H2,1-2H3/t18-/m1/s1. The van der Waals surface area contributed by atoms with Crippen LogP contribution in [0.15, 0.2) is 41.0 Å². The fourth-order valence-corrected chi connectivity index (χ4v) is 4.09. The van der Waals surface area contributed by atoms with Crippen LogP contribution in [0, 0.1) is 0 Å². The molecule has 1 aromatic rings. The minimum atomic E-state index is -0.121.